The van der Waals surface area contributed by atoms with Crippen LogP contribution in [0.2, 0.25) is 0 Å². The SMILES string of the molecule is O=C(NC1CCOC1)N[C@H]1CCCCC/C=C\[C@@H]2C[C@@]2(C(=O)NS(=O)(=O)C2CC2)NC(=O)[C@@H]2C[C@@H](OC(=O)N3CCc4ccccc4C3)CN2C1=O. The molecule has 2 aliphatic carbocycles. The average molecular weight is 741 g/mol. The number of sulfonamides is 1. The highest BCUT2D eigenvalue weighted by atomic mass is 32.2. The van der Waals surface area contributed by atoms with Gasteiger partial charge >= 0.3 is 12.1 Å². The molecule has 6 amide bonds. The fraction of sp³-hybridized carbons (Fsp3) is 0.639. The fourth-order valence-corrected chi connectivity index (χ4v) is 9.11. The summed E-state index contributed by atoms with van der Waals surface area (Å²) in [6.45, 7) is 1.64. The zero-order chi connectivity index (χ0) is 36.5. The van der Waals surface area contributed by atoms with E-state index in [1.165, 1.54) is 10.5 Å². The molecule has 16 heteroatoms. The van der Waals surface area contributed by atoms with Gasteiger partial charge in [-0.2, -0.15) is 0 Å². The van der Waals surface area contributed by atoms with Crippen LogP contribution in [0.1, 0.15) is 75.3 Å². The number of hydrogen-bond acceptors (Lipinski definition) is 9. The van der Waals surface area contributed by atoms with Crippen molar-refractivity contribution in [2.45, 2.75) is 112 Å². The second-order valence-corrected chi connectivity index (χ2v) is 16.9. The molecule has 7 rings (SSSR count). The van der Waals surface area contributed by atoms with E-state index in [1.54, 1.807) is 4.90 Å². The summed E-state index contributed by atoms with van der Waals surface area (Å²) in [5, 5.41) is 7.90. The molecule has 0 spiro atoms. The number of nitrogens with zero attached hydrogens (tertiary/aromatic N) is 2. The summed E-state index contributed by atoms with van der Waals surface area (Å²) in [5.41, 5.74) is 0.678. The average Bonchev–Trinajstić information content (AvgIpc) is 4.00. The van der Waals surface area contributed by atoms with Crippen molar-refractivity contribution in [3.63, 3.8) is 0 Å². The van der Waals surface area contributed by atoms with E-state index < -0.39 is 74.8 Å². The molecule has 4 aliphatic heterocycles. The van der Waals surface area contributed by atoms with Gasteiger partial charge in [0.1, 0.15) is 23.7 Å². The van der Waals surface area contributed by atoms with Crippen molar-refractivity contribution in [1.82, 2.24) is 30.5 Å². The van der Waals surface area contributed by atoms with Gasteiger partial charge in [0.15, 0.2) is 0 Å². The molecule has 282 valence electrons. The molecule has 4 heterocycles. The maximum atomic E-state index is 14.4. The first kappa shape index (κ1) is 36.2. The standard InChI is InChI=1S/C36H48N6O9S/c43-31-30-18-27(51-35(47)41-16-14-23-8-6-7-9-24(23)20-41)21-42(30)32(44)29(38-34(46)37-26-15-17-50-22-26)11-5-3-1-2-4-10-25-19-36(25,39-31)33(45)40-52(48,49)28-12-13-28/h4,6-10,25-30H,1-3,5,11-22H2,(H,39,43)(H,40,45)(H2,37,38,46)/b10-4-/t25-,26?,27-,29+,30+,36-/m1/s1. The van der Waals surface area contributed by atoms with Crippen molar-refractivity contribution in [2.24, 2.45) is 5.92 Å². The van der Waals surface area contributed by atoms with E-state index in [4.69, 9.17) is 9.47 Å². The Labute approximate surface area is 303 Å². The zero-order valence-corrected chi connectivity index (χ0v) is 30.0. The molecular formula is C36H48N6O9S. The van der Waals surface area contributed by atoms with Crippen molar-refractivity contribution in [3.8, 4) is 0 Å². The zero-order valence-electron chi connectivity index (χ0n) is 29.2. The summed E-state index contributed by atoms with van der Waals surface area (Å²) in [7, 11) is -3.89. The highest BCUT2D eigenvalue weighted by molar-refractivity contribution is 7.91. The molecule has 2 saturated heterocycles. The molecule has 1 unspecified atom stereocenters. The maximum absolute atomic E-state index is 14.4. The number of rotatable bonds is 6. The van der Waals surface area contributed by atoms with Gasteiger partial charge in [-0.25, -0.2) is 18.0 Å². The molecule has 0 radical (unpaired) electrons. The number of carbonyl (C=O) groups is 5. The first-order chi connectivity index (χ1) is 25.0. The van der Waals surface area contributed by atoms with E-state index in [2.05, 4.69) is 20.7 Å². The summed E-state index contributed by atoms with van der Waals surface area (Å²) in [5.74, 6) is -2.40. The van der Waals surface area contributed by atoms with Crippen molar-refractivity contribution >= 4 is 39.9 Å². The monoisotopic (exact) mass is 740 g/mol. The first-order valence-corrected chi connectivity index (χ1v) is 20.1. The predicted octanol–water partition coefficient (Wildman–Crippen LogP) is 1.61. The Morgan fingerprint density at radius 2 is 1.81 bits per heavy atom. The maximum Gasteiger partial charge on any atom is 0.410 e. The minimum absolute atomic E-state index is 0.0371. The molecule has 4 N–H and O–H groups in total. The van der Waals surface area contributed by atoms with Gasteiger partial charge in [0.2, 0.25) is 21.8 Å². The number of ether oxygens (including phenoxy) is 2. The second-order valence-electron chi connectivity index (χ2n) is 14.9. The number of urea groups is 1. The van der Waals surface area contributed by atoms with Gasteiger partial charge in [-0.15, -0.1) is 0 Å². The van der Waals surface area contributed by atoms with Gasteiger partial charge in [0.25, 0.3) is 5.91 Å². The van der Waals surface area contributed by atoms with E-state index in [0.29, 0.717) is 71.2 Å². The fourth-order valence-electron chi connectivity index (χ4n) is 7.75. The lowest BCUT2D eigenvalue weighted by molar-refractivity contribution is -0.141. The third-order valence-corrected chi connectivity index (χ3v) is 12.9. The molecule has 6 aliphatic rings. The second kappa shape index (κ2) is 15.0. The summed E-state index contributed by atoms with van der Waals surface area (Å²) < 4.78 is 39.1. The lowest BCUT2D eigenvalue weighted by atomic mass is 10.0. The van der Waals surface area contributed by atoms with Crippen LogP contribution in [0.25, 0.3) is 0 Å². The van der Waals surface area contributed by atoms with Crippen molar-refractivity contribution in [3.05, 3.63) is 47.5 Å². The van der Waals surface area contributed by atoms with E-state index in [-0.39, 0.29) is 25.4 Å². The third kappa shape index (κ3) is 8.07. The molecule has 1 aromatic carbocycles. The molecule has 6 atom stereocenters. The molecular weight excluding hydrogens is 692 g/mol. The number of nitrogens with one attached hydrogen (secondary N) is 4. The normalized spacial score (nSPS) is 31.4. The van der Waals surface area contributed by atoms with Crippen LogP contribution < -0.4 is 20.7 Å². The third-order valence-electron chi connectivity index (χ3n) is 11.1. The summed E-state index contributed by atoms with van der Waals surface area (Å²) >= 11 is 0. The highest BCUT2D eigenvalue weighted by Crippen LogP contribution is 2.46. The van der Waals surface area contributed by atoms with Crippen LogP contribution in [0.3, 0.4) is 0 Å². The van der Waals surface area contributed by atoms with Crippen LogP contribution in [0.5, 0.6) is 0 Å². The van der Waals surface area contributed by atoms with Gasteiger partial charge < -0.3 is 35.2 Å². The number of carbonyl (C=O) groups excluding carboxylic acids is 5. The van der Waals surface area contributed by atoms with E-state index in [0.717, 1.165) is 18.4 Å². The van der Waals surface area contributed by atoms with Gasteiger partial charge in [0, 0.05) is 32.0 Å². The van der Waals surface area contributed by atoms with Crippen molar-refractivity contribution in [2.75, 3.05) is 26.3 Å². The molecule has 0 bridgehead atoms. The first-order valence-electron chi connectivity index (χ1n) is 18.5. The van der Waals surface area contributed by atoms with Gasteiger partial charge in [-0.3, -0.25) is 19.1 Å². The van der Waals surface area contributed by atoms with Crippen LogP contribution in [0.4, 0.5) is 9.59 Å². The molecule has 52 heavy (non-hydrogen) atoms. The molecule has 1 aromatic rings. The molecule has 0 aromatic heterocycles. The lowest BCUT2D eigenvalue weighted by Crippen LogP contribution is -2.59. The van der Waals surface area contributed by atoms with Gasteiger partial charge in [-0.1, -0.05) is 49.3 Å². The largest absolute Gasteiger partial charge is 0.444 e. The van der Waals surface area contributed by atoms with E-state index in [9.17, 15) is 32.4 Å². The quantitative estimate of drug-likeness (QED) is 0.314. The Kier molecular flexibility index (Phi) is 10.5. The number of fused-ring (bicyclic) bond motifs is 3. The minimum atomic E-state index is -3.89. The minimum Gasteiger partial charge on any atom is -0.444 e. The summed E-state index contributed by atoms with van der Waals surface area (Å²) in [4.78, 5) is 71.7. The van der Waals surface area contributed by atoms with Crippen LogP contribution >= 0.6 is 0 Å². The topological polar surface area (TPSA) is 193 Å². The van der Waals surface area contributed by atoms with Crippen molar-refractivity contribution < 1.29 is 41.9 Å². The Morgan fingerprint density at radius 1 is 1.00 bits per heavy atom. The van der Waals surface area contributed by atoms with Crippen LogP contribution in [0, 0.1) is 5.92 Å². The van der Waals surface area contributed by atoms with Gasteiger partial charge in [-0.05, 0) is 62.5 Å². The van der Waals surface area contributed by atoms with E-state index in [1.807, 2.05) is 36.4 Å². The lowest BCUT2D eigenvalue weighted by Gasteiger charge is -2.30. The van der Waals surface area contributed by atoms with Crippen molar-refractivity contribution in [1.29, 1.82) is 0 Å². The number of allylic oxidation sites excluding steroid dienone is 1. The number of amides is 6. The van der Waals surface area contributed by atoms with E-state index >= 15 is 0 Å². The number of hydrogen-bond donors (Lipinski definition) is 4. The highest BCUT2D eigenvalue weighted by Gasteiger charge is 2.62. The smallest absolute Gasteiger partial charge is 0.410 e. The Bertz CT molecular complexity index is 1710. The molecule has 4 fully saturated rings. The summed E-state index contributed by atoms with van der Waals surface area (Å²) in [6.07, 6.45) is 8.03. The van der Waals surface area contributed by atoms with Crippen LogP contribution in [0.15, 0.2) is 36.4 Å². The van der Waals surface area contributed by atoms with Crippen LogP contribution in [-0.2, 0) is 46.8 Å². The Balaban J connectivity index is 1.12. The van der Waals surface area contributed by atoms with Crippen LogP contribution in [-0.4, -0.2) is 109 Å². The predicted molar refractivity (Wildman–Crippen MR) is 187 cm³/mol. The summed E-state index contributed by atoms with van der Waals surface area (Å²) in [6, 6.07) is 5.06. The Hall–Kier alpha value is -4.18. The molecule has 2 saturated carbocycles. The molecule has 15 nitrogen and oxygen atoms in total. The van der Waals surface area contributed by atoms with Gasteiger partial charge in [0.05, 0.1) is 24.4 Å². The number of benzene rings is 1. The Morgan fingerprint density at radius 3 is 2.58 bits per heavy atom.